The first-order valence-corrected chi connectivity index (χ1v) is 7.12. The Balaban J connectivity index is 1.87. The zero-order valence-corrected chi connectivity index (χ0v) is 12.7. The third-order valence-electron chi connectivity index (χ3n) is 3.22. The number of nitrogens with zero attached hydrogens (tertiary/aromatic N) is 2. The topological polar surface area (TPSA) is 65.4 Å². The van der Waals surface area contributed by atoms with Gasteiger partial charge in [0.15, 0.2) is 0 Å². The fourth-order valence-corrected chi connectivity index (χ4v) is 2.25. The van der Waals surface area contributed by atoms with Gasteiger partial charge in [0, 0.05) is 24.8 Å². The summed E-state index contributed by atoms with van der Waals surface area (Å²) in [6.45, 7) is 6.94. The summed E-state index contributed by atoms with van der Waals surface area (Å²) in [5.74, 6) is 0. The number of benzene rings is 1. The van der Waals surface area contributed by atoms with E-state index in [1.165, 1.54) is 0 Å². The zero-order chi connectivity index (χ0) is 15.5. The van der Waals surface area contributed by atoms with Crippen molar-refractivity contribution < 1.29 is 9.53 Å². The molecule has 1 aromatic rings. The van der Waals surface area contributed by atoms with Crippen molar-refractivity contribution in [1.29, 1.82) is 5.26 Å². The summed E-state index contributed by atoms with van der Waals surface area (Å²) < 4.78 is 5.37. The molecule has 2 rings (SSSR count). The zero-order valence-electron chi connectivity index (χ0n) is 12.7. The summed E-state index contributed by atoms with van der Waals surface area (Å²) in [6, 6.07) is 9.64. The lowest BCUT2D eigenvalue weighted by Gasteiger charge is -2.24. The number of nitrogens with one attached hydrogen (secondary N) is 1. The van der Waals surface area contributed by atoms with E-state index in [1.54, 1.807) is 17.0 Å². The lowest BCUT2D eigenvalue weighted by atomic mass is 10.2. The summed E-state index contributed by atoms with van der Waals surface area (Å²) in [5.41, 5.74) is 1.14. The number of ether oxygens (including phenoxy) is 1. The predicted molar refractivity (Wildman–Crippen MR) is 81.0 cm³/mol. The van der Waals surface area contributed by atoms with Crippen LogP contribution in [0.3, 0.4) is 0 Å². The normalized spacial score (nSPS) is 18.2. The summed E-state index contributed by atoms with van der Waals surface area (Å²) >= 11 is 0. The SMILES string of the molecule is CC(C)(C)OC(=O)N1CCC(Nc2ccc(C#N)cc2)C1. The molecule has 0 aliphatic carbocycles. The largest absolute Gasteiger partial charge is 0.444 e. The van der Waals surface area contributed by atoms with E-state index in [-0.39, 0.29) is 12.1 Å². The average molecular weight is 287 g/mol. The Bertz CT molecular complexity index is 540. The minimum atomic E-state index is -0.463. The van der Waals surface area contributed by atoms with Crippen molar-refractivity contribution in [1.82, 2.24) is 4.90 Å². The van der Waals surface area contributed by atoms with Gasteiger partial charge in [-0.15, -0.1) is 0 Å². The molecule has 1 atom stereocenters. The summed E-state index contributed by atoms with van der Waals surface area (Å²) in [4.78, 5) is 13.7. The number of carbonyl (C=O) groups is 1. The van der Waals surface area contributed by atoms with Crippen LogP contribution in [0.4, 0.5) is 10.5 Å². The van der Waals surface area contributed by atoms with E-state index in [9.17, 15) is 4.79 Å². The Labute approximate surface area is 125 Å². The standard InChI is InChI=1S/C16H21N3O2/c1-16(2,3)21-15(20)19-9-8-14(11-19)18-13-6-4-12(10-17)5-7-13/h4-7,14,18H,8-9,11H2,1-3H3. The van der Waals surface area contributed by atoms with E-state index in [1.807, 2.05) is 32.9 Å². The molecule has 21 heavy (non-hydrogen) atoms. The van der Waals surface area contributed by atoms with Crippen molar-refractivity contribution in [2.45, 2.75) is 38.8 Å². The van der Waals surface area contributed by atoms with Gasteiger partial charge in [0.25, 0.3) is 0 Å². The van der Waals surface area contributed by atoms with Crippen LogP contribution in [0.2, 0.25) is 0 Å². The molecule has 1 aliphatic rings. The van der Waals surface area contributed by atoms with E-state index in [0.717, 1.165) is 12.1 Å². The lowest BCUT2D eigenvalue weighted by Crippen LogP contribution is -2.36. The molecule has 0 spiro atoms. The van der Waals surface area contributed by atoms with Gasteiger partial charge in [0.05, 0.1) is 11.6 Å². The molecular formula is C16H21N3O2. The number of carbonyl (C=O) groups excluding carboxylic acids is 1. The molecule has 1 unspecified atom stereocenters. The van der Waals surface area contributed by atoms with E-state index < -0.39 is 5.60 Å². The van der Waals surface area contributed by atoms with Crippen LogP contribution in [0.15, 0.2) is 24.3 Å². The van der Waals surface area contributed by atoms with Crippen LogP contribution in [-0.4, -0.2) is 35.7 Å². The molecule has 1 amide bonds. The van der Waals surface area contributed by atoms with Gasteiger partial charge < -0.3 is 15.0 Å². The van der Waals surface area contributed by atoms with Crippen molar-refractivity contribution in [2.75, 3.05) is 18.4 Å². The molecule has 5 nitrogen and oxygen atoms in total. The molecule has 0 aromatic heterocycles. The average Bonchev–Trinajstić information content (AvgIpc) is 2.86. The maximum absolute atomic E-state index is 12.0. The molecular weight excluding hydrogens is 266 g/mol. The van der Waals surface area contributed by atoms with Crippen LogP contribution >= 0.6 is 0 Å². The highest BCUT2D eigenvalue weighted by Crippen LogP contribution is 2.19. The van der Waals surface area contributed by atoms with Gasteiger partial charge in [-0.05, 0) is 51.5 Å². The molecule has 0 saturated carbocycles. The van der Waals surface area contributed by atoms with Gasteiger partial charge in [-0.25, -0.2) is 4.79 Å². The molecule has 1 fully saturated rings. The maximum Gasteiger partial charge on any atom is 0.410 e. The number of likely N-dealkylation sites (tertiary alicyclic amines) is 1. The first kappa shape index (κ1) is 15.2. The van der Waals surface area contributed by atoms with Gasteiger partial charge >= 0.3 is 6.09 Å². The second kappa shape index (κ2) is 6.04. The highest BCUT2D eigenvalue weighted by atomic mass is 16.6. The quantitative estimate of drug-likeness (QED) is 0.908. The van der Waals surface area contributed by atoms with Crippen LogP contribution < -0.4 is 5.32 Å². The molecule has 1 N–H and O–H groups in total. The fraction of sp³-hybridized carbons (Fsp3) is 0.500. The number of amides is 1. The first-order chi connectivity index (χ1) is 9.87. The monoisotopic (exact) mass is 287 g/mol. The molecule has 5 heteroatoms. The van der Waals surface area contributed by atoms with Crippen molar-refractivity contribution in [3.8, 4) is 6.07 Å². The summed E-state index contributed by atoms with van der Waals surface area (Å²) in [7, 11) is 0. The number of rotatable bonds is 2. The van der Waals surface area contributed by atoms with Crippen LogP contribution in [0.25, 0.3) is 0 Å². The van der Waals surface area contributed by atoms with Gasteiger partial charge in [-0.1, -0.05) is 0 Å². The molecule has 1 saturated heterocycles. The third kappa shape index (κ3) is 4.38. The van der Waals surface area contributed by atoms with E-state index >= 15 is 0 Å². The van der Waals surface area contributed by atoms with E-state index in [4.69, 9.17) is 10.00 Å². The van der Waals surface area contributed by atoms with Crippen molar-refractivity contribution in [2.24, 2.45) is 0 Å². The Hall–Kier alpha value is -2.22. The van der Waals surface area contributed by atoms with Gasteiger partial charge in [0.1, 0.15) is 5.60 Å². The Kier molecular flexibility index (Phi) is 4.37. The summed E-state index contributed by atoms with van der Waals surface area (Å²) in [6.07, 6.45) is 0.630. The molecule has 112 valence electrons. The Morgan fingerprint density at radius 1 is 1.38 bits per heavy atom. The number of hydrogen-bond acceptors (Lipinski definition) is 4. The number of anilines is 1. The van der Waals surface area contributed by atoms with Crippen molar-refractivity contribution in [3.05, 3.63) is 29.8 Å². The fourth-order valence-electron chi connectivity index (χ4n) is 2.25. The number of nitriles is 1. The predicted octanol–water partition coefficient (Wildman–Crippen LogP) is 2.98. The summed E-state index contributed by atoms with van der Waals surface area (Å²) in [5, 5.41) is 12.2. The highest BCUT2D eigenvalue weighted by Gasteiger charge is 2.29. The molecule has 0 bridgehead atoms. The van der Waals surface area contributed by atoms with Gasteiger partial charge in [-0.3, -0.25) is 0 Å². The van der Waals surface area contributed by atoms with Gasteiger partial charge in [0.2, 0.25) is 0 Å². The van der Waals surface area contributed by atoms with Crippen LogP contribution in [0, 0.1) is 11.3 Å². The molecule has 1 aromatic carbocycles. The maximum atomic E-state index is 12.0. The minimum Gasteiger partial charge on any atom is -0.444 e. The Morgan fingerprint density at radius 2 is 2.05 bits per heavy atom. The first-order valence-electron chi connectivity index (χ1n) is 7.12. The molecule has 1 aliphatic heterocycles. The van der Waals surface area contributed by atoms with Crippen LogP contribution in [0.5, 0.6) is 0 Å². The van der Waals surface area contributed by atoms with Crippen LogP contribution in [0.1, 0.15) is 32.8 Å². The van der Waals surface area contributed by atoms with Crippen molar-refractivity contribution >= 4 is 11.8 Å². The minimum absolute atomic E-state index is 0.213. The lowest BCUT2D eigenvalue weighted by molar-refractivity contribution is 0.0293. The molecule has 0 radical (unpaired) electrons. The number of hydrogen-bond donors (Lipinski definition) is 1. The second-order valence-electron chi connectivity index (χ2n) is 6.25. The van der Waals surface area contributed by atoms with E-state index in [2.05, 4.69) is 11.4 Å². The second-order valence-corrected chi connectivity index (χ2v) is 6.25. The smallest absolute Gasteiger partial charge is 0.410 e. The van der Waals surface area contributed by atoms with E-state index in [0.29, 0.717) is 18.7 Å². The van der Waals surface area contributed by atoms with Crippen molar-refractivity contribution in [3.63, 3.8) is 0 Å². The van der Waals surface area contributed by atoms with Gasteiger partial charge in [-0.2, -0.15) is 5.26 Å². The highest BCUT2D eigenvalue weighted by molar-refractivity contribution is 5.68. The Morgan fingerprint density at radius 3 is 2.62 bits per heavy atom. The van der Waals surface area contributed by atoms with Crippen LogP contribution in [-0.2, 0) is 4.74 Å². The molecule has 1 heterocycles. The third-order valence-corrected chi connectivity index (χ3v) is 3.22.